The Balaban J connectivity index is 1.75. The summed E-state index contributed by atoms with van der Waals surface area (Å²) in [5, 5.41) is 0. The van der Waals surface area contributed by atoms with Gasteiger partial charge < -0.3 is 5.73 Å². The van der Waals surface area contributed by atoms with Crippen molar-refractivity contribution in [3.8, 4) is 0 Å². The van der Waals surface area contributed by atoms with Crippen molar-refractivity contribution in [2.24, 2.45) is 17.6 Å². The molecule has 0 radical (unpaired) electrons. The lowest BCUT2D eigenvalue weighted by Gasteiger charge is -2.48. The number of hydrogen-bond acceptors (Lipinski definition) is 2. The highest BCUT2D eigenvalue weighted by Gasteiger charge is 2.45. The Morgan fingerprint density at radius 3 is 2.18 bits per heavy atom. The van der Waals surface area contributed by atoms with Crippen molar-refractivity contribution in [3.63, 3.8) is 0 Å². The molecule has 2 N–H and O–H groups in total. The zero-order valence-electron chi connectivity index (χ0n) is 11.4. The molecule has 2 saturated heterocycles. The molecule has 1 saturated carbocycles. The third-order valence-electron chi connectivity index (χ3n) is 5.62. The van der Waals surface area contributed by atoms with Gasteiger partial charge in [-0.1, -0.05) is 20.3 Å². The van der Waals surface area contributed by atoms with Crippen LogP contribution in [0.3, 0.4) is 0 Å². The molecule has 3 fully saturated rings. The second-order valence-electron chi connectivity index (χ2n) is 7.03. The van der Waals surface area contributed by atoms with Gasteiger partial charge >= 0.3 is 0 Å². The zero-order chi connectivity index (χ0) is 12.0. The molecule has 1 aliphatic carbocycles. The van der Waals surface area contributed by atoms with Crippen LogP contribution in [-0.2, 0) is 0 Å². The molecule has 0 amide bonds. The molecule has 98 valence electrons. The first-order valence-corrected chi connectivity index (χ1v) is 7.68. The molecule has 2 heterocycles. The molecular weight excluding hydrogens is 208 g/mol. The van der Waals surface area contributed by atoms with Gasteiger partial charge in [-0.2, -0.15) is 0 Å². The lowest BCUT2D eigenvalue weighted by atomic mass is 9.77. The predicted octanol–water partition coefficient (Wildman–Crippen LogP) is 2.77. The van der Waals surface area contributed by atoms with E-state index in [1.54, 1.807) is 0 Å². The van der Waals surface area contributed by atoms with Gasteiger partial charge in [-0.25, -0.2) is 0 Å². The quantitative estimate of drug-likeness (QED) is 0.758. The standard InChI is InChI=1S/C15H28N2/c1-10-3-4-11(2)15(7-10)17-13-5-6-14(17)9-12(16)8-13/h10-15H,3-9,16H2,1-2H3. The van der Waals surface area contributed by atoms with Crippen LogP contribution in [0, 0.1) is 11.8 Å². The summed E-state index contributed by atoms with van der Waals surface area (Å²) in [6.45, 7) is 4.92. The van der Waals surface area contributed by atoms with Crippen LogP contribution >= 0.6 is 0 Å². The van der Waals surface area contributed by atoms with E-state index >= 15 is 0 Å². The van der Waals surface area contributed by atoms with Crippen molar-refractivity contribution in [1.82, 2.24) is 4.90 Å². The summed E-state index contributed by atoms with van der Waals surface area (Å²) in [5.74, 6) is 1.84. The smallest absolute Gasteiger partial charge is 0.0129 e. The van der Waals surface area contributed by atoms with Crippen LogP contribution < -0.4 is 5.73 Å². The van der Waals surface area contributed by atoms with Crippen LogP contribution in [0.4, 0.5) is 0 Å². The maximum Gasteiger partial charge on any atom is 0.0129 e. The summed E-state index contributed by atoms with van der Waals surface area (Å²) in [6.07, 6.45) is 9.66. The number of piperidine rings is 1. The van der Waals surface area contributed by atoms with Crippen molar-refractivity contribution in [3.05, 3.63) is 0 Å². The average Bonchev–Trinajstić information content (AvgIpc) is 2.54. The minimum atomic E-state index is 0.486. The van der Waals surface area contributed by atoms with Gasteiger partial charge in [0.2, 0.25) is 0 Å². The van der Waals surface area contributed by atoms with Crippen LogP contribution in [0.5, 0.6) is 0 Å². The van der Waals surface area contributed by atoms with Gasteiger partial charge in [0.15, 0.2) is 0 Å². The van der Waals surface area contributed by atoms with Crippen molar-refractivity contribution in [2.75, 3.05) is 0 Å². The van der Waals surface area contributed by atoms with E-state index in [2.05, 4.69) is 18.7 Å². The van der Waals surface area contributed by atoms with Crippen LogP contribution in [0.1, 0.15) is 58.8 Å². The Labute approximate surface area is 106 Å². The number of hydrogen-bond donors (Lipinski definition) is 1. The van der Waals surface area contributed by atoms with Crippen LogP contribution in [0.2, 0.25) is 0 Å². The van der Waals surface area contributed by atoms with Gasteiger partial charge in [0, 0.05) is 24.2 Å². The number of fused-ring (bicyclic) bond motifs is 2. The first kappa shape index (κ1) is 12.0. The van der Waals surface area contributed by atoms with Gasteiger partial charge in [-0.05, 0) is 50.4 Å². The molecule has 2 bridgehead atoms. The minimum Gasteiger partial charge on any atom is -0.328 e. The molecular formula is C15H28N2. The maximum absolute atomic E-state index is 6.18. The maximum atomic E-state index is 6.18. The Morgan fingerprint density at radius 1 is 0.882 bits per heavy atom. The van der Waals surface area contributed by atoms with Gasteiger partial charge in [0.05, 0.1) is 0 Å². The van der Waals surface area contributed by atoms with Crippen molar-refractivity contribution >= 4 is 0 Å². The van der Waals surface area contributed by atoms with E-state index in [1.165, 1.54) is 44.9 Å². The molecule has 17 heavy (non-hydrogen) atoms. The van der Waals surface area contributed by atoms with Gasteiger partial charge in [-0.15, -0.1) is 0 Å². The van der Waals surface area contributed by atoms with Gasteiger partial charge in [-0.3, -0.25) is 4.90 Å². The summed E-state index contributed by atoms with van der Waals surface area (Å²) in [5.41, 5.74) is 6.18. The highest BCUT2D eigenvalue weighted by atomic mass is 15.3. The lowest BCUT2D eigenvalue weighted by molar-refractivity contribution is 0.0193. The fourth-order valence-corrected chi connectivity index (χ4v) is 4.71. The van der Waals surface area contributed by atoms with E-state index in [0.717, 1.165) is 30.0 Å². The van der Waals surface area contributed by atoms with E-state index in [0.29, 0.717) is 6.04 Å². The minimum absolute atomic E-state index is 0.486. The van der Waals surface area contributed by atoms with E-state index in [1.807, 2.05) is 0 Å². The Hall–Kier alpha value is -0.0800. The fraction of sp³-hybridized carbons (Fsp3) is 1.00. The van der Waals surface area contributed by atoms with Crippen LogP contribution in [0.15, 0.2) is 0 Å². The van der Waals surface area contributed by atoms with E-state index in [4.69, 9.17) is 5.73 Å². The number of rotatable bonds is 1. The molecule has 2 aliphatic heterocycles. The topological polar surface area (TPSA) is 29.3 Å². The highest BCUT2D eigenvalue weighted by Crippen LogP contribution is 2.42. The highest BCUT2D eigenvalue weighted by molar-refractivity contribution is 5.01. The molecule has 2 heteroatoms. The molecule has 0 spiro atoms. The van der Waals surface area contributed by atoms with Crippen LogP contribution in [0.25, 0.3) is 0 Å². The second kappa shape index (κ2) is 4.55. The third kappa shape index (κ3) is 2.15. The average molecular weight is 236 g/mol. The Bertz CT molecular complexity index is 264. The third-order valence-corrected chi connectivity index (χ3v) is 5.62. The molecule has 3 rings (SSSR count). The monoisotopic (exact) mass is 236 g/mol. The van der Waals surface area contributed by atoms with Crippen molar-refractivity contribution in [2.45, 2.75) is 83.0 Å². The summed E-state index contributed by atoms with van der Waals surface area (Å²) < 4.78 is 0. The van der Waals surface area contributed by atoms with Crippen LogP contribution in [-0.4, -0.2) is 29.1 Å². The first-order chi connectivity index (χ1) is 8.15. The Morgan fingerprint density at radius 2 is 1.53 bits per heavy atom. The van der Waals surface area contributed by atoms with Crippen molar-refractivity contribution in [1.29, 1.82) is 0 Å². The first-order valence-electron chi connectivity index (χ1n) is 7.68. The van der Waals surface area contributed by atoms with E-state index in [9.17, 15) is 0 Å². The molecule has 0 aromatic heterocycles. The van der Waals surface area contributed by atoms with Crippen molar-refractivity contribution < 1.29 is 0 Å². The van der Waals surface area contributed by atoms with E-state index in [-0.39, 0.29) is 0 Å². The summed E-state index contributed by atoms with van der Waals surface area (Å²) in [6, 6.07) is 2.99. The number of nitrogens with two attached hydrogens (primary N) is 1. The molecule has 2 nitrogen and oxygen atoms in total. The SMILES string of the molecule is CC1CCC(C)C(N2C3CCC2CC(N)C3)C1. The molecule has 3 aliphatic rings. The normalized spacial score (nSPS) is 51.7. The molecule has 0 aromatic carbocycles. The predicted molar refractivity (Wildman–Crippen MR) is 71.8 cm³/mol. The summed E-state index contributed by atoms with van der Waals surface area (Å²) in [4.78, 5) is 2.91. The largest absolute Gasteiger partial charge is 0.328 e. The van der Waals surface area contributed by atoms with E-state index < -0.39 is 0 Å². The summed E-state index contributed by atoms with van der Waals surface area (Å²) >= 11 is 0. The summed E-state index contributed by atoms with van der Waals surface area (Å²) in [7, 11) is 0. The number of nitrogens with zero attached hydrogens (tertiary/aromatic N) is 1. The second-order valence-corrected chi connectivity index (χ2v) is 7.03. The molecule has 5 atom stereocenters. The fourth-order valence-electron chi connectivity index (χ4n) is 4.71. The van der Waals surface area contributed by atoms with Gasteiger partial charge in [0.1, 0.15) is 0 Å². The van der Waals surface area contributed by atoms with Gasteiger partial charge in [0.25, 0.3) is 0 Å². The Kier molecular flexibility index (Phi) is 3.20. The zero-order valence-corrected chi connectivity index (χ0v) is 11.4. The lowest BCUT2D eigenvalue weighted by Crippen LogP contribution is -2.55. The molecule has 5 unspecified atom stereocenters. The molecule has 0 aromatic rings.